The Hall–Kier alpha value is -1.46. The first-order valence-electron chi connectivity index (χ1n) is 4.25. The van der Waals surface area contributed by atoms with Crippen molar-refractivity contribution in [1.82, 2.24) is 0 Å². The molecule has 0 aliphatic carbocycles. The van der Waals surface area contributed by atoms with Crippen LogP contribution in [0.3, 0.4) is 0 Å². The van der Waals surface area contributed by atoms with E-state index in [2.05, 4.69) is 4.74 Å². The zero-order valence-electron chi connectivity index (χ0n) is 8.24. The molecule has 4 N–H and O–H groups in total. The Bertz CT molecular complexity index is 293. The largest absolute Gasteiger partial charge is 0.447 e. The Morgan fingerprint density at radius 1 is 1.31 bits per heavy atom. The molecule has 0 rings (SSSR count). The summed E-state index contributed by atoms with van der Waals surface area (Å²) in [5.41, 5.74) is 0. The molecule has 0 unspecified atom stereocenters. The van der Waals surface area contributed by atoms with Crippen LogP contribution in [0.5, 0.6) is 0 Å². The lowest BCUT2D eigenvalue weighted by atomic mass is 10.1. The van der Waals surface area contributed by atoms with Crippen LogP contribution in [0.15, 0.2) is 0 Å². The van der Waals surface area contributed by atoms with Gasteiger partial charge >= 0.3 is 5.97 Å². The molecule has 7 nitrogen and oxygen atoms in total. The number of hydrogen-bond donors (Lipinski definition) is 4. The van der Waals surface area contributed by atoms with Gasteiger partial charge in [0.2, 0.25) is 0 Å². The van der Waals surface area contributed by atoms with Crippen LogP contribution in [0.1, 0.15) is 0 Å². The molecular formula is C9H12O7. The van der Waals surface area contributed by atoms with Gasteiger partial charge in [-0.2, -0.15) is 0 Å². The summed E-state index contributed by atoms with van der Waals surface area (Å²) in [6.45, 7) is -1.32. The van der Waals surface area contributed by atoms with Gasteiger partial charge in [0.1, 0.15) is 12.2 Å². The number of hydrogen-bond acceptors (Lipinski definition) is 7. The van der Waals surface area contributed by atoms with Crippen molar-refractivity contribution in [2.75, 3.05) is 13.2 Å². The van der Waals surface area contributed by atoms with Crippen molar-refractivity contribution < 1.29 is 34.8 Å². The van der Waals surface area contributed by atoms with Gasteiger partial charge in [-0.25, -0.2) is 4.79 Å². The maximum atomic E-state index is 11.1. The van der Waals surface area contributed by atoms with Crippen LogP contribution in [0, 0.1) is 12.3 Å². The molecule has 0 saturated carbocycles. The SMILES string of the molecule is C#CCOC(=O)C(=O)[C@@H](O)[C@H](O)[C@@H](O)CO. The Morgan fingerprint density at radius 2 is 1.88 bits per heavy atom. The van der Waals surface area contributed by atoms with Gasteiger partial charge in [-0.1, -0.05) is 5.92 Å². The highest BCUT2D eigenvalue weighted by molar-refractivity contribution is 6.35. The lowest BCUT2D eigenvalue weighted by molar-refractivity contribution is -0.162. The highest BCUT2D eigenvalue weighted by atomic mass is 16.5. The standard InChI is InChI=1S/C9H12O7/c1-2-3-16-9(15)8(14)7(13)6(12)5(11)4-10/h1,5-7,10-13H,3-4H2/t5-,6+,7-/m0/s1. The van der Waals surface area contributed by atoms with Crippen molar-refractivity contribution in [2.45, 2.75) is 18.3 Å². The van der Waals surface area contributed by atoms with Crippen molar-refractivity contribution in [3.05, 3.63) is 0 Å². The van der Waals surface area contributed by atoms with Crippen molar-refractivity contribution >= 4 is 11.8 Å². The molecular weight excluding hydrogens is 220 g/mol. The van der Waals surface area contributed by atoms with Crippen LogP contribution >= 0.6 is 0 Å². The number of carbonyl (C=O) groups is 2. The molecule has 0 aromatic heterocycles. The fourth-order valence-corrected chi connectivity index (χ4v) is 0.773. The monoisotopic (exact) mass is 232 g/mol. The van der Waals surface area contributed by atoms with Gasteiger partial charge < -0.3 is 25.2 Å². The normalized spacial score (nSPS) is 15.7. The van der Waals surface area contributed by atoms with Crippen molar-refractivity contribution in [1.29, 1.82) is 0 Å². The second kappa shape index (κ2) is 6.92. The Labute approximate surface area is 91.3 Å². The fourth-order valence-electron chi connectivity index (χ4n) is 0.773. The summed E-state index contributed by atoms with van der Waals surface area (Å²) in [6, 6.07) is 0. The number of carbonyl (C=O) groups excluding carboxylic acids is 2. The van der Waals surface area contributed by atoms with Crippen molar-refractivity contribution in [3.8, 4) is 12.3 Å². The third kappa shape index (κ3) is 3.96. The quantitative estimate of drug-likeness (QED) is 0.216. The molecule has 16 heavy (non-hydrogen) atoms. The number of rotatable bonds is 6. The predicted octanol–water partition coefficient (Wildman–Crippen LogP) is -3.19. The number of ether oxygens (including phenoxy) is 1. The van der Waals surface area contributed by atoms with Crippen LogP contribution < -0.4 is 0 Å². The van der Waals surface area contributed by atoms with Crippen LogP contribution in [0.4, 0.5) is 0 Å². The van der Waals surface area contributed by atoms with E-state index in [1.54, 1.807) is 0 Å². The molecule has 0 bridgehead atoms. The van der Waals surface area contributed by atoms with Crippen LogP contribution in [0.25, 0.3) is 0 Å². The first kappa shape index (κ1) is 14.5. The Morgan fingerprint density at radius 3 is 2.31 bits per heavy atom. The van der Waals surface area contributed by atoms with E-state index in [0.29, 0.717) is 0 Å². The molecule has 0 saturated heterocycles. The molecule has 7 heteroatoms. The van der Waals surface area contributed by atoms with Gasteiger partial charge in [0.15, 0.2) is 12.7 Å². The number of ketones is 1. The molecule has 0 aromatic rings. The minimum Gasteiger partial charge on any atom is -0.447 e. The Balaban J connectivity index is 4.38. The van der Waals surface area contributed by atoms with E-state index in [9.17, 15) is 9.59 Å². The smallest absolute Gasteiger partial charge is 0.378 e. The lowest BCUT2D eigenvalue weighted by Gasteiger charge is -2.19. The first-order valence-corrected chi connectivity index (χ1v) is 4.25. The van der Waals surface area contributed by atoms with E-state index < -0.39 is 43.3 Å². The molecule has 0 heterocycles. The van der Waals surface area contributed by atoms with Crippen molar-refractivity contribution in [2.24, 2.45) is 0 Å². The number of aliphatic hydroxyl groups is 4. The summed E-state index contributed by atoms with van der Waals surface area (Å²) in [5, 5.41) is 35.6. The number of terminal acetylenes is 1. The first-order chi connectivity index (χ1) is 7.45. The second-order valence-electron chi connectivity index (χ2n) is 2.83. The molecule has 0 fully saturated rings. The van der Waals surface area contributed by atoms with Crippen LogP contribution in [-0.2, 0) is 14.3 Å². The number of esters is 1. The van der Waals surface area contributed by atoms with E-state index in [4.69, 9.17) is 26.8 Å². The average molecular weight is 232 g/mol. The number of Topliss-reactive ketones (excluding diaryl/α,β-unsaturated/α-hetero) is 1. The van der Waals surface area contributed by atoms with Crippen LogP contribution in [0.2, 0.25) is 0 Å². The van der Waals surface area contributed by atoms with Gasteiger partial charge in [0, 0.05) is 0 Å². The summed E-state index contributed by atoms with van der Waals surface area (Å²) in [6.07, 6.45) is -1.13. The zero-order valence-corrected chi connectivity index (χ0v) is 8.24. The van der Waals surface area contributed by atoms with E-state index in [-0.39, 0.29) is 0 Å². The van der Waals surface area contributed by atoms with E-state index in [1.807, 2.05) is 5.92 Å². The molecule has 0 aliphatic rings. The van der Waals surface area contributed by atoms with Gasteiger partial charge in [-0.15, -0.1) is 6.42 Å². The summed E-state index contributed by atoms with van der Waals surface area (Å²) in [7, 11) is 0. The summed E-state index contributed by atoms with van der Waals surface area (Å²) in [4.78, 5) is 21.9. The lowest BCUT2D eigenvalue weighted by Crippen LogP contribution is -2.46. The fraction of sp³-hybridized carbons (Fsp3) is 0.556. The van der Waals surface area contributed by atoms with Crippen LogP contribution in [-0.4, -0.2) is 63.7 Å². The molecule has 90 valence electrons. The Kier molecular flexibility index (Phi) is 6.29. The predicted molar refractivity (Wildman–Crippen MR) is 49.9 cm³/mol. The van der Waals surface area contributed by atoms with E-state index in [0.717, 1.165) is 0 Å². The van der Waals surface area contributed by atoms with E-state index >= 15 is 0 Å². The molecule has 0 aromatic carbocycles. The number of aliphatic hydroxyl groups excluding tert-OH is 4. The van der Waals surface area contributed by atoms with Gasteiger partial charge in [0.05, 0.1) is 6.61 Å². The highest BCUT2D eigenvalue weighted by Crippen LogP contribution is 2.02. The highest BCUT2D eigenvalue weighted by Gasteiger charge is 2.34. The van der Waals surface area contributed by atoms with Gasteiger partial charge in [-0.05, 0) is 0 Å². The maximum Gasteiger partial charge on any atom is 0.378 e. The third-order valence-corrected chi connectivity index (χ3v) is 1.66. The third-order valence-electron chi connectivity index (χ3n) is 1.66. The molecule has 0 amide bonds. The molecule has 0 radical (unpaired) electrons. The topological polar surface area (TPSA) is 124 Å². The average Bonchev–Trinajstić information content (AvgIpc) is 2.31. The van der Waals surface area contributed by atoms with E-state index in [1.165, 1.54) is 0 Å². The van der Waals surface area contributed by atoms with Gasteiger partial charge in [-0.3, -0.25) is 4.79 Å². The molecule has 3 atom stereocenters. The van der Waals surface area contributed by atoms with Gasteiger partial charge in [0.25, 0.3) is 5.78 Å². The van der Waals surface area contributed by atoms with Crippen molar-refractivity contribution in [3.63, 3.8) is 0 Å². The summed E-state index contributed by atoms with van der Waals surface area (Å²) in [5.74, 6) is -0.944. The second-order valence-corrected chi connectivity index (χ2v) is 2.83. The minimum atomic E-state index is -2.17. The summed E-state index contributed by atoms with van der Waals surface area (Å²) >= 11 is 0. The minimum absolute atomic E-state index is 0.448. The maximum absolute atomic E-state index is 11.1. The molecule has 0 spiro atoms. The molecule has 0 aliphatic heterocycles. The summed E-state index contributed by atoms with van der Waals surface area (Å²) < 4.78 is 4.20. The zero-order chi connectivity index (χ0) is 12.7.